The van der Waals surface area contributed by atoms with E-state index in [0.29, 0.717) is 31.7 Å². The van der Waals surface area contributed by atoms with Crippen LogP contribution in [0.5, 0.6) is 0 Å². The molecule has 7 nitrogen and oxygen atoms in total. The van der Waals surface area contributed by atoms with Crippen molar-refractivity contribution in [3.63, 3.8) is 0 Å². The molecular formula is C29H38FN3O4. The molecule has 200 valence electrons. The number of aliphatic hydroxyl groups is 1. The minimum atomic E-state index is -0.635. The summed E-state index contributed by atoms with van der Waals surface area (Å²) in [5.74, 6) is -0.215. The van der Waals surface area contributed by atoms with Gasteiger partial charge in [0.05, 0.1) is 37.9 Å². The standard InChI is InChI=1S/C29H38FN3O4/c30-26-9-5-4-8-22(26)16-33-18-24(34)19-36-20-28-27(33)11-10-25(37-28)14-29(35)31-23-12-13-32(17-23)15-21-6-2-1-3-7-21/h1-9,23-25,27-28,34H,10-20H2,(H,31,35)/t23-,24+,25+,27-,28+/m1/s1. The summed E-state index contributed by atoms with van der Waals surface area (Å²) in [5, 5.41) is 13.6. The zero-order valence-corrected chi connectivity index (χ0v) is 21.3. The third kappa shape index (κ3) is 7.15. The first kappa shape index (κ1) is 26.3. The molecule has 3 aliphatic rings. The molecule has 5 rings (SSSR count). The fourth-order valence-electron chi connectivity index (χ4n) is 5.90. The third-order valence-corrected chi connectivity index (χ3v) is 7.72. The number of rotatable bonds is 7. The van der Waals surface area contributed by atoms with Gasteiger partial charge in [0.1, 0.15) is 5.82 Å². The maximum Gasteiger partial charge on any atom is 0.222 e. The lowest BCUT2D eigenvalue weighted by atomic mass is 9.94. The Hall–Kier alpha value is -2.36. The summed E-state index contributed by atoms with van der Waals surface area (Å²) in [6, 6.07) is 17.3. The van der Waals surface area contributed by atoms with Gasteiger partial charge in [-0.25, -0.2) is 4.39 Å². The minimum absolute atomic E-state index is 0.00440. The van der Waals surface area contributed by atoms with E-state index in [2.05, 4.69) is 39.4 Å². The van der Waals surface area contributed by atoms with Gasteiger partial charge in [-0.05, 0) is 30.9 Å². The molecule has 5 atom stereocenters. The molecule has 0 radical (unpaired) electrons. The number of hydrogen-bond acceptors (Lipinski definition) is 6. The number of β-amino-alcohol motifs (C(OH)–C–C–N with tert-alkyl or cyclic N) is 1. The molecule has 0 bridgehead atoms. The van der Waals surface area contributed by atoms with Crippen LogP contribution in [0.1, 0.15) is 36.8 Å². The van der Waals surface area contributed by atoms with Crippen LogP contribution in [0.4, 0.5) is 4.39 Å². The number of ether oxygens (including phenoxy) is 2. The lowest BCUT2D eigenvalue weighted by molar-refractivity contribution is -0.158. The van der Waals surface area contributed by atoms with E-state index in [0.717, 1.165) is 38.9 Å². The molecule has 0 aliphatic carbocycles. The summed E-state index contributed by atoms with van der Waals surface area (Å²) >= 11 is 0. The Morgan fingerprint density at radius 1 is 1.00 bits per heavy atom. The van der Waals surface area contributed by atoms with E-state index in [1.807, 2.05) is 12.1 Å². The van der Waals surface area contributed by atoms with Crippen molar-refractivity contribution in [1.29, 1.82) is 0 Å². The number of nitrogens with one attached hydrogen (secondary N) is 1. The van der Waals surface area contributed by atoms with Gasteiger partial charge >= 0.3 is 0 Å². The lowest BCUT2D eigenvalue weighted by Crippen LogP contribution is -2.55. The molecule has 0 unspecified atom stereocenters. The van der Waals surface area contributed by atoms with E-state index in [9.17, 15) is 14.3 Å². The maximum absolute atomic E-state index is 14.4. The van der Waals surface area contributed by atoms with Crippen LogP contribution in [-0.2, 0) is 27.4 Å². The van der Waals surface area contributed by atoms with Crippen molar-refractivity contribution in [1.82, 2.24) is 15.1 Å². The topological polar surface area (TPSA) is 74.3 Å². The fraction of sp³-hybridized carbons (Fsp3) is 0.552. The van der Waals surface area contributed by atoms with Crippen molar-refractivity contribution >= 4 is 5.91 Å². The summed E-state index contributed by atoms with van der Waals surface area (Å²) < 4.78 is 26.5. The Labute approximate surface area is 218 Å². The quantitative estimate of drug-likeness (QED) is 0.596. The minimum Gasteiger partial charge on any atom is -0.389 e. The molecule has 3 saturated heterocycles. The van der Waals surface area contributed by atoms with Crippen molar-refractivity contribution in [3.05, 3.63) is 71.5 Å². The van der Waals surface area contributed by atoms with Crippen molar-refractivity contribution in [2.24, 2.45) is 0 Å². The number of amides is 1. The van der Waals surface area contributed by atoms with Crippen LogP contribution in [0.3, 0.4) is 0 Å². The van der Waals surface area contributed by atoms with Crippen LogP contribution in [0.25, 0.3) is 0 Å². The predicted octanol–water partition coefficient (Wildman–Crippen LogP) is 2.72. The number of benzene rings is 2. The molecule has 3 aliphatic heterocycles. The van der Waals surface area contributed by atoms with Gasteiger partial charge in [0.15, 0.2) is 0 Å². The number of hydrogen-bond donors (Lipinski definition) is 2. The number of halogens is 1. The van der Waals surface area contributed by atoms with E-state index in [-0.39, 0.29) is 42.6 Å². The van der Waals surface area contributed by atoms with Gasteiger partial charge in [0.2, 0.25) is 5.91 Å². The number of carbonyl (C=O) groups excluding carboxylic acids is 1. The smallest absolute Gasteiger partial charge is 0.222 e. The van der Waals surface area contributed by atoms with Crippen molar-refractivity contribution in [3.8, 4) is 0 Å². The molecule has 0 spiro atoms. The predicted molar refractivity (Wildman–Crippen MR) is 138 cm³/mol. The molecule has 3 fully saturated rings. The van der Waals surface area contributed by atoms with E-state index in [1.54, 1.807) is 12.1 Å². The Morgan fingerprint density at radius 2 is 1.81 bits per heavy atom. The zero-order valence-electron chi connectivity index (χ0n) is 21.3. The largest absolute Gasteiger partial charge is 0.389 e. The molecule has 37 heavy (non-hydrogen) atoms. The average molecular weight is 512 g/mol. The summed E-state index contributed by atoms with van der Waals surface area (Å²) in [7, 11) is 0. The Morgan fingerprint density at radius 3 is 2.65 bits per heavy atom. The third-order valence-electron chi connectivity index (χ3n) is 7.72. The molecule has 8 heteroatoms. The van der Waals surface area contributed by atoms with Crippen molar-refractivity contribution < 1.29 is 23.8 Å². The van der Waals surface area contributed by atoms with Gasteiger partial charge in [-0.3, -0.25) is 14.6 Å². The first-order valence-electron chi connectivity index (χ1n) is 13.5. The highest BCUT2D eigenvalue weighted by atomic mass is 19.1. The van der Waals surface area contributed by atoms with Gasteiger partial charge in [0.25, 0.3) is 0 Å². The van der Waals surface area contributed by atoms with Gasteiger partial charge in [-0.2, -0.15) is 0 Å². The van der Waals surface area contributed by atoms with Crippen molar-refractivity contribution in [2.75, 3.05) is 32.8 Å². The molecular weight excluding hydrogens is 473 g/mol. The second-order valence-electron chi connectivity index (χ2n) is 10.6. The summed E-state index contributed by atoms with van der Waals surface area (Å²) in [5.41, 5.74) is 1.90. The summed E-state index contributed by atoms with van der Waals surface area (Å²) in [4.78, 5) is 17.4. The Kier molecular flexibility index (Phi) is 8.84. The summed E-state index contributed by atoms with van der Waals surface area (Å²) in [6.45, 7) is 4.10. The average Bonchev–Trinajstić information content (AvgIpc) is 3.31. The van der Waals surface area contributed by atoms with E-state index < -0.39 is 6.10 Å². The van der Waals surface area contributed by atoms with Crippen LogP contribution in [0.2, 0.25) is 0 Å². The first-order valence-corrected chi connectivity index (χ1v) is 13.5. The van der Waals surface area contributed by atoms with Crippen LogP contribution in [0, 0.1) is 5.82 Å². The number of likely N-dealkylation sites (tertiary alicyclic amines) is 1. The Bertz CT molecular complexity index is 1030. The normalized spacial score (nSPS) is 29.3. The van der Waals surface area contributed by atoms with Crippen molar-refractivity contribution in [2.45, 2.75) is 69.2 Å². The highest BCUT2D eigenvalue weighted by Gasteiger charge is 2.38. The number of carbonyl (C=O) groups is 1. The van der Waals surface area contributed by atoms with Gasteiger partial charge in [0, 0.05) is 50.4 Å². The lowest BCUT2D eigenvalue weighted by Gasteiger charge is -2.44. The van der Waals surface area contributed by atoms with Crippen LogP contribution in [0.15, 0.2) is 54.6 Å². The highest BCUT2D eigenvalue weighted by molar-refractivity contribution is 5.76. The molecule has 2 aromatic rings. The number of aliphatic hydroxyl groups excluding tert-OH is 1. The van der Waals surface area contributed by atoms with E-state index in [4.69, 9.17) is 9.47 Å². The monoisotopic (exact) mass is 511 g/mol. The van der Waals surface area contributed by atoms with Gasteiger partial charge in [-0.15, -0.1) is 0 Å². The molecule has 3 heterocycles. The van der Waals surface area contributed by atoms with E-state index >= 15 is 0 Å². The Balaban J connectivity index is 1.13. The summed E-state index contributed by atoms with van der Waals surface area (Å²) in [6.07, 6.45) is 1.80. The highest BCUT2D eigenvalue weighted by Crippen LogP contribution is 2.29. The van der Waals surface area contributed by atoms with Crippen LogP contribution < -0.4 is 5.32 Å². The van der Waals surface area contributed by atoms with E-state index in [1.165, 1.54) is 11.6 Å². The first-order chi connectivity index (χ1) is 18.0. The van der Waals surface area contributed by atoms with Crippen LogP contribution in [-0.4, -0.2) is 84.1 Å². The molecule has 0 saturated carbocycles. The number of nitrogens with zero attached hydrogens (tertiary/aromatic N) is 2. The maximum atomic E-state index is 14.4. The fourth-order valence-corrected chi connectivity index (χ4v) is 5.90. The molecule has 0 aromatic heterocycles. The van der Waals surface area contributed by atoms with Crippen LogP contribution >= 0.6 is 0 Å². The number of fused-ring (bicyclic) bond motifs is 1. The second kappa shape index (κ2) is 12.5. The molecule has 2 N–H and O–H groups in total. The SMILES string of the molecule is O=C(C[C@@H]1CC[C@@H]2[C@H](COC[C@@H](O)CN2Cc2ccccc2F)O1)N[C@@H]1CCN(Cc2ccccc2)C1. The van der Waals surface area contributed by atoms with Gasteiger partial charge < -0.3 is 19.9 Å². The van der Waals surface area contributed by atoms with Gasteiger partial charge in [-0.1, -0.05) is 48.5 Å². The molecule has 2 aromatic carbocycles. The second-order valence-corrected chi connectivity index (χ2v) is 10.6. The zero-order chi connectivity index (χ0) is 25.6. The molecule has 1 amide bonds.